The standard InChI is InChI=1S/C6H7BF3N2O.K/c8-7(9,10)5-3-11-6-4-13-2-1-12(5)6;/h3H,1-2,4H2;/q-1;+1. The van der Waals surface area contributed by atoms with Gasteiger partial charge in [-0.2, -0.15) is 0 Å². The van der Waals surface area contributed by atoms with E-state index in [1.807, 2.05) is 0 Å². The molecule has 1 aliphatic rings. The first-order valence-corrected chi connectivity index (χ1v) is 3.91. The van der Waals surface area contributed by atoms with Gasteiger partial charge in [0.15, 0.2) is 0 Å². The smallest absolute Gasteiger partial charge is 0.444 e. The summed E-state index contributed by atoms with van der Waals surface area (Å²) in [6, 6.07) is 0. The molecule has 0 saturated carbocycles. The summed E-state index contributed by atoms with van der Waals surface area (Å²) in [6.07, 6.45) is 0.879. The molecule has 0 amide bonds. The topological polar surface area (TPSA) is 27.1 Å². The summed E-state index contributed by atoms with van der Waals surface area (Å²) in [5.41, 5.74) is -0.627. The van der Waals surface area contributed by atoms with Gasteiger partial charge in [-0.05, 0) is 5.59 Å². The first-order chi connectivity index (χ1) is 6.09. The van der Waals surface area contributed by atoms with E-state index in [0.29, 0.717) is 12.4 Å². The molecule has 0 aromatic carbocycles. The molecule has 1 aromatic rings. The Morgan fingerprint density at radius 3 is 2.79 bits per heavy atom. The Hall–Kier alpha value is 0.661. The van der Waals surface area contributed by atoms with E-state index < -0.39 is 12.6 Å². The number of halogens is 3. The number of fused-ring (bicyclic) bond motifs is 1. The van der Waals surface area contributed by atoms with Gasteiger partial charge in [0.2, 0.25) is 0 Å². The van der Waals surface area contributed by atoms with Crippen molar-refractivity contribution >= 4 is 12.6 Å². The predicted octanol–water partition coefficient (Wildman–Crippen LogP) is -2.53. The Morgan fingerprint density at radius 2 is 2.14 bits per heavy atom. The minimum absolute atomic E-state index is 0. The third kappa shape index (κ3) is 2.42. The van der Waals surface area contributed by atoms with Crippen LogP contribution >= 0.6 is 0 Å². The maximum absolute atomic E-state index is 12.4. The van der Waals surface area contributed by atoms with E-state index in [0.717, 1.165) is 6.20 Å². The molecule has 0 spiro atoms. The van der Waals surface area contributed by atoms with E-state index in [1.165, 1.54) is 4.57 Å². The fourth-order valence-electron chi connectivity index (χ4n) is 1.38. The Bertz CT molecular complexity index is 327. The molecule has 0 saturated heterocycles. The zero-order valence-electron chi connectivity index (χ0n) is 7.71. The Balaban J connectivity index is 0.000000980. The molecule has 72 valence electrons. The summed E-state index contributed by atoms with van der Waals surface area (Å²) in [5, 5.41) is 0. The van der Waals surface area contributed by atoms with Crippen molar-refractivity contribution in [3.8, 4) is 0 Å². The first kappa shape index (κ1) is 12.7. The Morgan fingerprint density at radius 1 is 1.43 bits per heavy atom. The van der Waals surface area contributed by atoms with E-state index in [9.17, 15) is 12.9 Å². The van der Waals surface area contributed by atoms with Crippen molar-refractivity contribution in [1.82, 2.24) is 9.55 Å². The van der Waals surface area contributed by atoms with Crippen molar-refractivity contribution in [1.29, 1.82) is 0 Å². The molecule has 1 aliphatic heterocycles. The van der Waals surface area contributed by atoms with E-state index in [1.54, 1.807) is 0 Å². The summed E-state index contributed by atoms with van der Waals surface area (Å²) in [5.74, 6) is 0.362. The molecule has 2 rings (SSSR count). The fraction of sp³-hybridized carbons (Fsp3) is 0.500. The van der Waals surface area contributed by atoms with Crippen LogP contribution in [0.3, 0.4) is 0 Å². The van der Waals surface area contributed by atoms with Crippen LogP contribution in [0.15, 0.2) is 6.20 Å². The maximum Gasteiger partial charge on any atom is 1.00 e. The summed E-state index contributed by atoms with van der Waals surface area (Å²) < 4.78 is 43.3. The van der Waals surface area contributed by atoms with E-state index >= 15 is 0 Å². The molecule has 0 unspecified atom stereocenters. The molecular formula is C6H7BF3KN2O. The van der Waals surface area contributed by atoms with Crippen LogP contribution in [0, 0.1) is 0 Å². The van der Waals surface area contributed by atoms with Crippen molar-refractivity contribution in [2.24, 2.45) is 0 Å². The predicted molar refractivity (Wildman–Crippen MR) is 40.6 cm³/mol. The minimum Gasteiger partial charge on any atom is -0.444 e. The Kier molecular flexibility index (Phi) is 4.24. The molecule has 0 fully saturated rings. The number of hydrogen-bond donors (Lipinski definition) is 0. The molecule has 0 atom stereocenters. The summed E-state index contributed by atoms with van der Waals surface area (Å²) in [4.78, 5) is 3.66. The van der Waals surface area contributed by atoms with Gasteiger partial charge in [-0.3, -0.25) is 0 Å². The molecule has 8 heteroatoms. The Labute approximate surface area is 121 Å². The van der Waals surface area contributed by atoms with Gasteiger partial charge in [0.05, 0.1) is 6.61 Å². The van der Waals surface area contributed by atoms with Gasteiger partial charge in [0.1, 0.15) is 12.4 Å². The van der Waals surface area contributed by atoms with Crippen LogP contribution in [0.5, 0.6) is 0 Å². The van der Waals surface area contributed by atoms with Gasteiger partial charge in [0.25, 0.3) is 0 Å². The first-order valence-electron chi connectivity index (χ1n) is 3.91. The van der Waals surface area contributed by atoms with Crippen molar-refractivity contribution in [3.63, 3.8) is 0 Å². The number of nitrogens with zero attached hydrogens (tertiary/aromatic N) is 2. The average molecular weight is 230 g/mol. The van der Waals surface area contributed by atoms with Gasteiger partial charge in [-0.15, -0.1) is 0 Å². The molecule has 14 heavy (non-hydrogen) atoms. The second-order valence-corrected chi connectivity index (χ2v) is 2.88. The van der Waals surface area contributed by atoms with Gasteiger partial charge in [-0.25, -0.2) is 4.98 Å². The van der Waals surface area contributed by atoms with Crippen LogP contribution < -0.4 is 57.0 Å². The van der Waals surface area contributed by atoms with E-state index in [-0.39, 0.29) is 64.5 Å². The molecule has 0 bridgehead atoms. The van der Waals surface area contributed by atoms with Crippen molar-refractivity contribution in [2.75, 3.05) is 6.61 Å². The molecule has 3 nitrogen and oxygen atoms in total. The maximum atomic E-state index is 12.4. The average Bonchev–Trinajstić information content (AvgIpc) is 2.45. The summed E-state index contributed by atoms with van der Waals surface area (Å²) in [6.45, 7) is -4.21. The fourth-order valence-corrected chi connectivity index (χ4v) is 1.38. The molecule has 0 aliphatic carbocycles. The zero-order valence-corrected chi connectivity index (χ0v) is 10.8. The number of imidazole rings is 1. The number of hydrogen-bond acceptors (Lipinski definition) is 2. The zero-order chi connectivity index (χ0) is 9.47. The number of rotatable bonds is 1. The molecule has 0 N–H and O–H groups in total. The minimum atomic E-state index is -4.95. The second-order valence-electron chi connectivity index (χ2n) is 2.88. The van der Waals surface area contributed by atoms with Crippen LogP contribution in [0.2, 0.25) is 0 Å². The van der Waals surface area contributed by atoms with Gasteiger partial charge >= 0.3 is 58.4 Å². The van der Waals surface area contributed by atoms with Crippen LogP contribution in [-0.2, 0) is 17.9 Å². The molecule has 2 heterocycles. The van der Waals surface area contributed by atoms with Crippen LogP contribution in [0.4, 0.5) is 12.9 Å². The number of ether oxygens (including phenoxy) is 1. The largest absolute Gasteiger partial charge is 1.00 e. The number of aromatic nitrogens is 2. The third-order valence-electron chi connectivity index (χ3n) is 1.99. The van der Waals surface area contributed by atoms with Gasteiger partial charge < -0.3 is 22.3 Å². The molecule has 1 aromatic heterocycles. The van der Waals surface area contributed by atoms with Crippen LogP contribution in [0.1, 0.15) is 5.82 Å². The van der Waals surface area contributed by atoms with Crippen LogP contribution in [-0.4, -0.2) is 23.1 Å². The molecular weight excluding hydrogens is 223 g/mol. The third-order valence-corrected chi connectivity index (χ3v) is 1.99. The van der Waals surface area contributed by atoms with E-state index in [2.05, 4.69) is 4.98 Å². The summed E-state index contributed by atoms with van der Waals surface area (Å²) in [7, 11) is 0. The monoisotopic (exact) mass is 230 g/mol. The van der Waals surface area contributed by atoms with Gasteiger partial charge in [-0.1, -0.05) is 0 Å². The summed E-state index contributed by atoms with van der Waals surface area (Å²) >= 11 is 0. The quantitative estimate of drug-likeness (QED) is 0.497. The van der Waals surface area contributed by atoms with Gasteiger partial charge in [0, 0.05) is 12.7 Å². The van der Waals surface area contributed by atoms with Crippen molar-refractivity contribution in [2.45, 2.75) is 13.2 Å². The second kappa shape index (κ2) is 4.67. The SMILES string of the molecule is F[B-](F)(F)c1cnc2n1CCOC2.[K+]. The van der Waals surface area contributed by atoms with Crippen molar-refractivity contribution in [3.05, 3.63) is 12.0 Å². The van der Waals surface area contributed by atoms with E-state index in [4.69, 9.17) is 4.74 Å². The normalized spacial score (nSPS) is 15.9. The van der Waals surface area contributed by atoms with Crippen molar-refractivity contribution < 1.29 is 69.1 Å². The van der Waals surface area contributed by atoms with Crippen LogP contribution in [0.25, 0.3) is 0 Å². The molecule has 0 radical (unpaired) electrons.